The van der Waals surface area contributed by atoms with Crippen molar-refractivity contribution in [3.8, 4) is 0 Å². The average molecular weight is 276 g/mol. The monoisotopic (exact) mass is 276 g/mol. The maximum absolute atomic E-state index is 5.54. The minimum Gasteiger partial charge on any atom is -0.355 e. The molecule has 0 rings (SSSR count). The first-order valence-electron chi connectivity index (χ1n) is 7.36. The van der Waals surface area contributed by atoms with Crippen molar-refractivity contribution in [3.63, 3.8) is 0 Å². The molecule has 19 heavy (non-hydrogen) atoms. The Labute approximate surface area is 117 Å². The molecular weight excluding hydrogens is 246 g/mol. The molecule has 0 N–H and O–H groups in total. The molecule has 0 aliphatic carbocycles. The minimum absolute atomic E-state index is 0.173. The van der Waals surface area contributed by atoms with Gasteiger partial charge in [-0.15, -0.1) is 0 Å². The molecule has 5 heteroatoms. The Balaban J connectivity index is 3.76. The maximum atomic E-state index is 5.54. The normalized spacial score (nSPS) is 14.5. The molecule has 0 aliphatic heterocycles. The van der Waals surface area contributed by atoms with Crippen LogP contribution in [0, 0.1) is 0 Å². The van der Waals surface area contributed by atoms with Crippen LogP contribution in [0.4, 0.5) is 0 Å². The summed E-state index contributed by atoms with van der Waals surface area (Å²) >= 11 is 0. The van der Waals surface area contributed by atoms with Crippen LogP contribution in [0.3, 0.4) is 0 Å². The summed E-state index contributed by atoms with van der Waals surface area (Å²) in [6.45, 7) is 10.2. The Morgan fingerprint density at radius 3 is 1.47 bits per heavy atom. The molecule has 0 aromatic carbocycles. The molecule has 0 amide bonds. The van der Waals surface area contributed by atoms with Gasteiger partial charge in [0, 0.05) is 13.2 Å². The summed E-state index contributed by atoms with van der Waals surface area (Å²) in [4.78, 5) is 0. The second kappa shape index (κ2) is 14.2. The molecule has 1 radical (unpaired) electrons. The predicted molar refractivity (Wildman–Crippen MR) is 74.7 cm³/mol. The van der Waals surface area contributed by atoms with Crippen LogP contribution >= 0.6 is 0 Å². The van der Waals surface area contributed by atoms with Crippen LogP contribution in [-0.2, 0) is 18.9 Å². The van der Waals surface area contributed by atoms with Gasteiger partial charge in [-0.2, -0.15) is 5.32 Å². The molecule has 2 unspecified atom stereocenters. The van der Waals surface area contributed by atoms with E-state index in [0.717, 1.165) is 38.9 Å². The zero-order valence-electron chi connectivity index (χ0n) is 12.9. The number of rotatable bonds is 14. The van der Waals surface area contributed by atoms with E-state index >= 15 is 0 Å². The third-order valence-electron chi connectivity index (χ3n) is 2.42. The summed E-state index contributed by atoms with van der Waals surface area (Å²) in [7, 11) is 0. The molecule has 0 saturated carbocycles. The van der Waals surface area contributed by atoms with Crippen molar-refractivity contribution in [2.24, 2.45) is 0 Å². The highest BCUT2D eigenvalue weighted by Crippen LogP contribution is 2.04. The summed E-state index contributed by atoms with van der Waals surface area (Å²) < 4.78 is 21.7. The molecule has 0 aromatic rings. The van der Waals surface area contributed by atoms with E-state index in [1.807, 2.05) is 13.8 Å². The molecule has 5 nitrogen and oxygen atoms in total. The van der Waals surface area contributed by atoms with Gasteiger partial charge in [-0.05, 0) is 25.7 Å². The smallest absolute Gasteiger partial charge is 0.148 e. The molecule has 0 spiro atoms. The first-order valence-corrected chi connectivity index (χ1v) is 7.36. The fourth-order valence-corrected chi connectivity index (χ4v) is 1.38. The summed E-state index contributed by atoms with van der Waals surface area (Å²) in [5.74, 6) is 0. The van der Waals surface area contributed by atoms with Gasteiger partial charge in [0.2, 0.25) is 0 Å². The van der Waals surface area contributed by atoms with Crippen LogP contribution < -0.4 is 5.32 Å². The van der Waals surface area contributed by atoms with Crippen molar-refractivity contribution < 1.29 is 18.9 Å². The Morgan fingerprint density at radius 2 is 1.16 bits per heavy atom. The molecule has 115 valence electrons. The molecule has 0 aromatic heterocycles. The topological polar surface area (TPSA) is 51.0 Å². The van der Waals surface area contributed by atoms with Crippen LogP contribution in [0.5, 0.6) is 0 Å². The van der Waals surface area contributed by atoms with Gasteiger partial charge in [0.1, 0.15) is 26.0 Å². The lowest BCUT2D eigenvalue weighted by Gasteiger charge is -2.22. The Morgan fingerprint density at radius 1 is 0.737 bits per heavy atom. The van der Waals surface area contributed by atoms with Gasteiger partial charge in [0.05, 0.1) is 0 Å². The Hall–Kier alpha value is -0.200. The number of hydrogen-bond donors (Lipinski definition) is 0. The van der Waals surface area contributed by atoms with E-state index in [9.17, 15) is 0 Å². The van der Waals surface area contributed by atoms with E-state index in [2.05, 4.69) is 19.2 Å². The standard InChI is InChI=1S/C14H30NO4/c1-5-9-16-11-18-13(7-3)15-14(8-4)19-12-17-10-6-2/h13-14H,5-12H2,1-4H3. The van der Waals surface area contributed by atoms with Gasteiger partial charge in [0.25, 0.3) is 0 Å². The third-order valence-corrected chi connectivity index (χ3v) is 2.42. The van der Waals surface area contributed by atoms with Crippen molar-refractivity contribution in [1.82, 2.24) is 5.32 Å². The summed E-state index contributed by atoms with van der Waals surface area (Å²) in [5, 5.41) is 4.50. The first kappa shape index (κ1) is 18.8. The maximum Gasteiger partial charge on any atom is 0.148 e. The van der Waals surface area contributed by atoms with Crippen molar-refractivity contribution >= 4 is 0 Å². The van der Waals surface area contributed by atoms with Gasteiger partial charge in [-0.3, -0.25) is 0 Å². The predicted octanol–water partition coefficient (Wildman–Crippen LogP) is 2.86. The highest BCUT2D eigenvalue weighted by molar-refractivity contribution is 4.56. The lowest BCUT2D eigenvalue weighted by molar-refractivity contribution is -0.146. The molecular formula is C14H30NO4. The molecule has 0 heterocycles. The molecule has 0 fully saturated rings. The zero-order chi connectivity index (χ0) is 14.3. The molecule has 0 bridgehead atoms. The van der Waals surface area contributed by atoms with Crippen molar-refractivity contribution in [1.29, 1.82) is 0 Å². The van der Waals surface area contributed by atoms with Gasteiger partial charge >= 0.3 is 0 Å². The Kier molecular flexibility index (Phi) is 14.1. The zero-order valence-corrected chi connectivity index (χ0v) is 12.9. The fourth-order valence-electron chi connectivity index (χ4n) is 1.38. The Bertz CT molecular complexity index is 163. The van der Waals surface area contributed by atoms with Crippen LogP contribution in [0.25, 0.3) is 0 Å². The van der Waals surface area contributed by atoms with Crippen LogP contribution in [-0.4, -0.2) is 39.3 Å². The quantitative estimate of drug-likeness (QED) is 0.361. The van der Waals surface area contributed by atoms with Crippen molar-refractivity contribution in [3.05, 3.63) is 0 Å². The third kappa shape index (κ3) is 11.3. The second-order valence-corrected chi connectivity index (χ2v) is 4.26. The highest BCUT2D eigenvalue weighted by Gasteiger charge is 2.15. The molecule has 0 saturated heterocycles. The largest absolute Gasteiger partial charge is 0.355 e. The van der Waals surface area contributed by atoms with Gasteiger partial charge in [-0.25, -0.2) is 0 Å². The summed E-state index contributed by atoms with van der Waals surface area (Å²) in [6, 6.07) is 0. The van der Waals surface area contributed by atoms with Gasteiger partial charge in [0.15, 0.2) is 0 Å². The first-order chi connectivity index (χ1) is 9.28. The van der Waals surface area contributed by atoms with Gasteiger partial charge in [-0.1, -0.05) is 27.7 Å². The van der Waals surface area contributed by atoms with Crippen LogP contribution in [0.1, 0.15) is 53.4 Å². The van der Waals surface area contributed by atoms with Gasteiger partial charge < -0.3 is 18.9 Å². The minimum atomic E-state index is -0.173. The SMILES string of the molecule is CCCOCOC(CC)[N]C(CC)OCOCCC. The van der Waals surface area contributed by atoms with E-state index in [1.165, 1.54) is 0 Å². The van der Waals surface area contributed by atoms with Crippen molar-refractivity contribution in [2.75, 3.05) is 26.8 Å². The van der Waals surface area contributed by atoms with Crippen molar-refractivity contribution in [2.45, 2.75) is 65.8 Å². The van der Waals surface area contributed by atoms with E-state index in [0.29, 0.717) is 13.6 Å². The molecule has 2 atom stereocenters. The highest BCUT2D eigenvalue weighted by atomic mass is 16.7. The fraction of sp³-hybridized carbons (Fsp3) is 1.00. The summed E-state index contributed by atoms with van der Waals surface area (Å²) in [5.41, 5.74) is 0. The van der Waals surface area contributed by atoms with Crippen LogP contribution in [0.15, 0.2) is 0 Å². The van der Waals surface area contributed by atoms with E-state index in [4.69, 9.17) is 18.9 Å². The van der Waals surface area contributed by atoms with E-state index in [-0.39, 0.29) is 12.5 Å². The summed E-state index contributed by atoms with van der Waals surface area (Å²) in [6.07, 6.45) is 3.26. The number of nitrogens with zero attached hydrogens (tertiary/aromatic N) is 1. The lowest BCUT2D eigenvalue weighted by atomic mass is 10.3. The molecule has 0 aliphatic rings. The second-order valence-electron chi connectivity index (χ2n) is 4.26. The number of hydrogen-bond acceptors (Lipinski definition) is 4. The van der Waals surface area contributed by atoms with E-state index in [1.54, 1.807) is 0 Å². The average Bonchev–Trinajstić information content (AvgIpc) is 2.44. The lowest BCUT2D eigenvalue weighted by Crippen LogP contribution is -2.35. The van der Waals surface area contributed by atoms with Crippen LogP contribution in [0.2, 0.25) is 0 Å². The van der Waals surface area contributed by atoms with E-state index < -0.39 is 0 Å². The number of ether oxygens (including phenoxy) is 4.